The zero-order valence-corrected chi connectivity index (χ0v) is 11.9. The fraction of sp³-hybridized carbons (Fsp3) is 0.571. The van der Waals surface area contributed by atoms with Crippen molar-refractivity contribution in [2.75, 3.05) is 13.1 Å². The van der Waals surface area contributed by atoms with Crippen LogP contribution in [0.3, 0.4) is 0 Å². The second-order valence-electron chi connectivity index (χ2n) is 4.20. The van der Waals surface area contributed by atoms with E-state index in [9.17, 15) is 0 Å². The number of rotatable bonds is 7. The highest BCUT2D eigenvalue weighted by Gasteiger charge is 2.09. The van der Waals surface area contributed by atoms with E-state index in [4.69, 9.17) is 0 Å². The third-order valence-corrected chi connectivity index (χ3v) is 3.42. The lowest BCUT2D eigenvalue weighted by Crippen LogP contribution is -2.21. The van der Waals surface area contributed by atoms with E-state index in [0.29, 0.717) is 5.92 Å². The Balaban J connectivity index is 2.62. The smallest absolute Gasteiger partial charge is 0.0175 e. The van der Waals surface area contributed by atoms with Crippen LogP contribution in [0.5, 0.6) is 0 Å². The molecule has 0 saturated heterocycles. The van der Waals surface area contributed by atoms with Crippen LogP contribution < -0.4 is 5.32 Å². The van der Waals surface area contributed by atoms with Gasteiger partial charge in [0.15, 0.2) is 0 Å². The molecule has 0 amide bonds. The van der Waals surface area contributed by atoms with Gasteiger partial charge in [0.2, 0.25) is 0 Å². The van der Waals surface area contributed by atoms with Crippen molar-refractivity contribution in [2.24, 2.45) is 0 Å². The molecule has 1 unspecified atom stereocenters. The summed E-state index contributed by atoms with van der Waals surface area (Å²) in [4.78, 5) is 0. The van der Waals surface area contributed by atoms with Crippen LogP contribution in [-0.4, -0.2) is 13.1 Å². The minimum Gasteiger partial charge on any atom is -0.316 e. The summed E-state index contributed by atoms with van der Waals surface area (Å²) >= 11 is 3.48. The number of unbranched alkanes of at least 4 members (excludes halogenated alkanes) is 1. The summed E-state index contributed by atoms with van der Waals surface area (Å²) in [7, 11) is 0. The molecule has 1 aromatic rings. The van der Waals surface area contributed by atoms with Crippen LogP contribution in [0.1, 0.15) is 44.6 Å². The molecule has 0 fully saturated rings. The van der Waals surface area contributed by atoms with E-state index in [1.54, 1.807) is 0 Å². The number of hydrogen-bond donors (Lipinski definition) is 1. The summed E-state index contributed by atoms with van der Waals surface area (Å²) in [5.74, 6) is 0.660. The lowest BCUT2D eigenvalue weighted by atomic mass is 9.93. The van der Waals surface area contributed by atoms with Crippen LogP contribution >= 0.6 is 15.9 Å². The van der Waals surface area contributed by atoms with Gasteiger partial charge >= 0.3 is 0 Å². The van der Waals surface area contributed by atoms with Crippen molar-refractivity contribution < 1.29 is 0 Å². The first-order valence-electron chi connectivity index (χ1n) is 6.24. The van der Waals surface area contributed by atoms with Gasteiger partial charge in [-0.1, -0.05) is 54.8 Å². The highest BCUT2D eigenvalue weighted by atomic mass is 79.9. The predicted octanol–water partition coefficient (Wildman–Crippen LogP) is 4.33. The van der Waals surface area contributed by atoms with E-state index in [0.717, 1.165) is 17.6 Å². The fourth-order valence-corrected chi connectivity index (χ4v) is 2.15. The Morgan fingerprint density at radius 1 is 1.19 bits per heavy atom. The molecule has 0 aromatic heterocycles. The average molecular weight is 284 g/mol. The third-order valence-electron chi connectivity index (χ3n) is 2.89. The van der Waals surface area contributed by atoms with Gasteiger partial charge < -0.3 is 5.32 Å². The second kappa shape index (κ2) is 7.86. The first kappa shape index (κ1) is 13.7. The minimum absolute atomic E-state index is 0.660. The molecule has 0 bridgehead atoms. The number of nitrogens with one attached hydrogen (secondary N) is 1. The standard InChI is InChI=1S/C14H22BrN/c1-3-5-6-13(11-16-4-2)12-7-9-14(15)10-8-12/h7-10,13,16H,3-6,11H2,1-2H3. The average Bonchev–Trinajstić information content (AvgIpc) is 2.31. The maximum atomic E-state index is 3.48. The van der Waals surface area contributed by atoms with Crippen molar-refractivity contribution in [3.63, 3.8) is 0 Å². The number of likely N-dealkylation sites (N-methyl/N-ethyl adjacent to an activating group) is 1. The fourth-order valence-electron chi connectivity index (χ4n) is 1.89. The van der Waals surface area contributed by atoms with Gasteiger partial charge in [0.05, 0.1) is 0 Å². The van der Waals surface area contributed by atoms with Crippen LogP contribution in [0.2, 0.25) is 0 Å². The molecule has 0 heterocycles. The SMILES string of the molecule is CCCCC(CNCC)c1ccc(Br)cc1. The molecular weight excluding hydrogens is 262 g/mol. The molecule has 2 heteroatoms. The molecule has 1 nitrogen and oxygen atoms in total. The Morgan fingerprint density at radius 2 is 1.88 bits per heavy atom. The first-order chi connectivity index (χ1) is 7.77. The number of benzene rings is 1. The van der Waals surface area contributed by atoms with Gasteiger partial charge in [0.1, 0.15) is 0 Å². The molecule has 0 saturated carbocycles. The van der Waals surface area contributed by atoms with Gasteiger partial charge in [0.25, 0.3) is 0 Å². The Hall–Kier alpha value is -0.340. The third kappa shape index (κ3) is 4.67. The Labute approximate surface area is 108 Å². The molecule has 1 rings (SSSR count). The summed E-state index contributed by atoms with van der Waals surface area (Å²) in [6, 6.07) is 8.75. The molecule has 0 spiro atoms. The van der Waals surface area contributed by atoms with Crippen LogP contribution in [-0.2, 0) is 0 Å². The topological polar surface area (TPSA) is 12.0 Å². The summed E-state index contributed by atoms with van der Waals surface area (Å²) in [6.07, 6.45) is 3.87. The van der Waals surface area contributed by atoms with Crippen molar-refractivity contribution in [3.8, 4) is 0 Å². The Kier molecular flexibility index (Phi) is 6.74. The molecular formula is C14H22BrN. The molecule has 1 N–H and O–H groups in total. The normalized spacial score (nSPS) is 12.7. The van der Waals surface area contributed by atoms with Gasteiger partial charge in [-0.25, -0.2) is 0 Å². The monoisotopic (exact) mass is 283 g/mol. The lowest BCUT2D eigenvalue weighted by Gasteiger charge is -2.17. The number of hydrogen-bond acceptors (Lipinski definition) is 1. The largest absolute Gasteiger partial charge is 0.316 e. The van der Waals surface area contributed by atoms with Gasteiger partial charge in [-0.05, 0) is 36.6 Å². The van der Waals surface area contributed by atoms with Gasteiger partial charge in [-0.3, -0.25) is 0 Å². The van der Waals surface area contributed by atoms with Gasteiger partial charge in [-0.2, -0.15) is 0 Å². The Morgan fingerprint density at radius 3 is 2.44 bits per heavy atom. The quantitative estimate of drug-likeness (QED) is 0.785. The Bertz CT molecular complexity index is 273. The minimum atomic E-state index is 0.660. The molecule has 0 aliphatic rings. The van der Waals surface area contributed by atoms with Crippen molar-refractivity contribution in [2.45, 2.75) is 39.0 Å². The van der Waals surface area contributed by atoms with Crippen LogP contribution in [0.15, 0.2) is 28.7 Å². The van der Waals surface area contributed by atoms with E-state index < -0.39 is 0 Å². The van der Waals surface area contributed by atoms with Gasteiger partial charge in [0, 0.05) is 11.0 Å². The van der Waals surface area contributed by atoms with E-state index in [-0.39, 0.29) is 0 Å². The van der Waals surface area contributed by atoms with Crippen LogP contribution in [0.25, 0.3) is 0 Å². The zero-order chi connectivity index (χ0) is 11.8. The van der Waals surface area contributed by atoms with Gasteiger partial charge in [-0.15, -0.1) is 0 Å². The number of halogens is 1. The molecule has 16 heavy (non-hydrogen) atoms. The maximum Gasteiger partial charge on any atom is 0.0175 e. The first-order valence-corrected chi connectivity index (χ1v) is 7.03. The highest BCUT2D eigenvalue weighted by Crippen LogP contribution is 2.23. The summed E-state index contributed by atoms with van der Waals surface area (Å²) < 4.78 is 1.16. The van der Waals surface area contributed by atoms with E-state index in [1.165, 1.54) is 24.8 Å². The highest BCUT2D eigenvalue weighted by molar-refractivity contribution is 9.10. The molecule has 1 atom stereocenters. The van der Waals surface area contributed by atoms with Crippen molar-refractivity contribution in [1.82, 2.24) is 5.32 Å². The lowest BCUT2D eigenvalue weighted by molar-refractivity contribution is 0.538. The van der Waals surface area contributed by atoms with E-state index in [1.807, 2.05) is 0 Å². The van der Waals surface area contributed by atoms with Crippen molar-refractivity contribution in [3.05, 3.63) is 34.3 Å². The van der Waals surface area contributed by atoms with Crippen molar-refractivity contribution >= 4 is 15.9 Å². The predicted molar refractivity (Wildman–Crippen MR) is 75.0 cm³/mol. The van der Waals surface area contributed by atoms with Crippen LogP contribution in [0, 0.1) is 0 Å². The summed E-state index contributed by atoms with van der Waals surface area (Å²) in [5, 5.41) is 3.46. The van der Waals surface area contributed by atoms with Crippen LogP contribution in [0.4, 0.5) is 0 Å². The second-order valence-corrected chi connectivity index (χ2v) is 5.11. The van der Waals surface area contributed by atoms with Crippen molar-refractivity contribution in [1.29, 1.82) is 0 Å². The molecule has 0 aliphatic carbocycles. The molecule has 0 aliphatic heterocycles. The summed E-state index contributed by atoms with van der Waals surface area (Å²) in [5.41, 5.74) is 1.46. The summed E-state index contributed by atoms with van der Waals surface area (Å²) in [6.45, 7) is 6.57. The molecule has 0 radical (unpaired) electrons. The zero-order valence-electron chi connectivity index (χ0n) is 10.3. The molecule has 90 valence electrons. The van der Waals surface area contributed by atoms with E-state index in [2.05, 4.69) is 59.4 Å². The van der Waals surface area contributed by atoms with E-state index >= 15 is 0 Å². The molecule has 1 aromatic carbocycles. The maximum absolute atomic E-state index is 3.48.